The Morgan fingerprint density at radius 1 is 1.33 bits per heavy atom. The highest BCUT2D eigenvalue weighted by molar-refractivity contribution is 7.83. The molecule has 1 aromatic carbocycles. The summed E-state index contributed by atoms with van der Waals surface area (Å²) >= 11 is 5.80. The van der Waals surface area contributed by atoms with Gasteiger partial charge in [-0.1, -0.05) is 0 Å². The van der Waals surface area contributed by atoms with Crippen molar-refractivity contribution in [2.24, 2.45) is 10.7 Å². The summed E-state index contributed by atoms with van der Waals surface area (Å²) in [6.45, 7) is 11.0. The third-order valence-electron chi connectivity index (χ3n) is 3.94. The van der Waals surface area contributed by atoms with Crippen LogP contribution in [0.3, 0.4) is 0 Å². The van der Waals surface area contributed by atoms with Crippen molar-refractivity contribution in [2.45, 2.75) is 41.0 Å². The van der Waals surface area contributed by atoms with E-state index in [1.54, 1.807) is 16.7 Å². The van der Waals surface area contributed by atoms with Crippen LogP contribution in [-0.4, -0.2) is 23.7 Å². The smallest absolute Gasteiger partial charge is 0.204 e. The fourth-order valence-corrected chi connectivity index (χ4v) is 3.08. The molecule has 5 nitrogen and oxygen atoms in total. The van der Waals surface area contributed by atoms with Crippen LogP contribution in [-0.2, 0) is 11.2 Å². The van der Waals surface area contributed by atoms with Gasteiger partial charge >= 0.3 is 0 Å². The van der Waals surface area contributed by atoms with Crippen molar-refractivity contribution in [3.63, 3.8) is 0 Å². The molecular weight excluding hydrogens is 378 g/mol. The average Bonchev–Trinajstić information content (AvgIpc) is 3.23. The number of hydrogen-bond donors (Lipinski definition) is 2. The lowest BCUT2D eigenvalue weighted by Crippen LogP contribution is -1.99. The molecule has 27 heavy (non-hydrogen) atoms. The first kappa shape index (κ1) is 22.9. The molecule has 0 bridgehead atoms. The molecule has 146 valence electrons. The number of benzene rings is 1. The average molecular weight is 406 g/mol. The molecule has 0 aliphatic carbocycles. The minimum Gasteiger partial charge on any atom is -0.493 e. The van der Waals surface area contributed by atoms with E-state index < -0.39 is 0 Å². The van der Waals surface area contributed by atoms with Crippen LogP contribution in [0.4, 0.5) is 0 Å². The molecular formula is C20H27N3O2S2. The van der Waals surface area contributed by atoms with Crippen molar-refractivity contribution in [1.82, 2.24) is 4.98 Å². The van der Waals surface area contributed by atoms with Gasteiger partial charge in [0.2, 0.25) is 6.41 Å². The summed E-state index contributed by atoms with van der Waals surface area (Å²) < 4.78 is 5.55. The number of rotatable bonds is 2. The van der Waals surface area contributed by atoms with Gasteiger partial charge in [-0.25, -0.2) is 4.98 Å². The second-order valence-electron chi connectivity index (χ2n) is 5.97. The van der Waals surface area contributed by atoms with Crippen molar-refractivity contribution < 1.29 is 9.53 Å². The van der Waals surface area contributed by atoms with E-state index in [2.05, 4.69) is 54.3 Å². The number of thiazole rings is 1. The molecule has 0 saturated carbocycles. The Hall–Kier alpha value is -2.12. The Morgan fingerprint density at radius 2 is 2.00 bits per heavy atom. The van der Waals surface area contributed by atoms with Gasteiger partial charge in [-0.15, -0.1) is 24.0 Å². The normalized spacial score (nSPS) is 12.8. The number of carbonyl (C=O) groups excluding carboxylic acids is 1. The molecule has 2 N–H and O–H groups in total. The summed E-state index contributed by atoms with van der Waals surface area (Å²) in [5.41, 5.74) is 12.8. The van der Waals surface area contributed by atoms with Crippen molar-refractivity contribution in [2.75, 3.05) is 6.61 Å². The summed E-state index contributed by atoms with van der Waals surface area (Å²) in [6, 6.07) is 4.30. The molecule has 2 aromatic rings. The largest absolute Gasteiger partial charge is 0.493 e. The minimum atomic E-state index is 0.250. The number of thiol groups is 1. The molecule has 0 saturated heterocycles. The number of aliphatic imine (C=N–C) groups is 1. The maximum absolute atomic E-state index is 8.58. The van der Waals surface area contributed by atoms with Crippen LogP contribution >= 0.6 is 24.0 Å². The second kappa shape index (κ2) is 11.6. The Labute approximate surface area is 170 Å². The molecule has 1 amide bonds. The summed E-state index contributed by atoms with van der Waals surface area (Å²) in [6.07, 6.45) is 1.25. The number of nitrogens with zero attached hydrogens (tertiary/aromatic N) is 2. The third-order valence-corrected chi connectivity index (χ3v) is 5.18. The maximum atomic E-state index is 8.58. The van der Waals surface area contributed by atoms with Gasteiger partial charge < -0.3 is 10.5 Å². The minimum absolute atomic E-state index is 0.250. The zero-order chi connectivity index (χ0) is 20.4. The lowest BCUT2D eigenvalue weighted by molar-refractivity contribution is -0.106. The number of ether oxygens (including phenoxy) is 1. The van der Waals surface area contributed by atoms with Crippen LogP contribution in [0.5, 0.6) is 5.75 Å². The number of primary amides is 1. The molecule has 0 fully saturated rings. The van der Waals surface area contributed by atoms with E-state index in [1.165, 1.54) is 21.6 Å². The lowest BCUT2D eigenvalue weighted by atomic mass is 10.00. The van der Waals surface area contributed by atoms with Crippen molar-refractivity contribution in [3.8, 4) is 5.75 Å². The molecule has 0 radical (unpaired) electrons. The van der Waals surface area contributed by atoms with Gasteiger partial charge in [0.1, 0.15) is 5.75 Å². The number of aromatic nitrogens is 1. The Balaban J connectivity index is 0.000000301. The number of aryl methyl sites for hydroxylation is 3. The molecule has 0 spiro atoms. The van der Waals surface area contributed by atoms with Crippen molar-refractivity contribution in [1.29, 1.82) is 0 Å². The van der Waals surface area contributed by atoms with E-state index in [9.17, 15) is 0 Å². The topological polar surface area (TPSA) is 77.6 Å². The zero-order valence-electron chi connectivity index (χ0n) is 16.4. The van der Waals surface area contributed by atoms with E-state index in [0.717, 1.165) is 35.9 Å². The quantitative estimate of drug-likeness (QED) is 0.442. The monoisotopic (exact) mass is 405 g/mol. The summed E-state index contributed by atoms with van der Waals surface area (Å²) in [7, 11) is 0. The molecule has 7 heteroatoms. The number of nitrogens with two attached hydrogens (primary N) is 1. The standard InChI is InChI=1S/C14H17NOS.C5H7NS.CH3NO/c1-9-6-14-12(4-5-16-14)7-13(9)11(3)15-10(2)8-17;1-4-5(2)7-3-6-4;2-1-3/h6-8,17H,4-5H2,1-3H3;3H,1-2H3;1H,(H2,2,3)/b10-8-,15-11?;;. The van der Waals surface area contributed by atoms with E-state index in [-0.39, 0.29) is 6.41 Å². The summed E-state index contributed by atoms with van der Waals surface area (Å²) in [5, 5.41) is 1.72. The molecule has 1 aliphatic heterocycles. The number of carbonyl (C=O) groups is 1. The Kier molecular flexibility index (Phi) is 9.82. The first-order valence-electron chi connectivity index (χ1n) is 8.49. The van der Waals surface area contributed by atoms with Crippen LogP contribution in [0.1, 0.15) is 41.1 Å². The maximum Gasteiger partial charge on any atom is 0.204 e. The van der Waals surface area contributed by atoms with Gasteiger partial charge in [0.15, 0.2) is 0 Å². The van der Waals surface area contributed by atoms with Crippen LogP contribution in [0.15, 0.2) is 33.7 Å². The van der Waals surface area contributed by atoms with Crippen LogP contribution in [0.25, 0.3) is 0 Å². The summed E-state index contributed by atoms with van der Waals surface area (Å²) in [5.74, 6) is 1.03. The predicted octanol–water partition coefficient (Wildman–Crippen LogP) is 4.39. The molecule has 0 unspecified atom stereocenters. The van der Waals surface area contributed by atoms with Gasteiger partial charge in [-0.2, -0.15) is 0 Å². The van der Waals surface area contributed by atoms with Gasteiger partial charge in [0, 0.05) is 22.7 Å². The van der Waals surface area contributed by atoms with Crippen LogP contribution in [0, 0.1) is 20.8 Å². The molecule has 2 heterocycles. The SMILES string of the molecule is CC(=N/C(C)=C\S)c1cc2c(cc1C)OCC2.Cc1ncsc1C.NC=O. The van der Waals surface area contributed by atoms with E-state index in [0.29, 0.717) is 0 Å². The highest BCUT2D eigenvalue weighted by Gasteiger charge is 2.15. The molecule has 0 atom stereocenters. The number of fused-ring (bicyclic) bond motifs is 1. The highest BCUT2D eigenvalue weighted by Crippen LogP contribution is 2.29. The Morgan fingerprint density at radius 3 is 2.48 bits per heavy atom. The van der Waals surface area contributed by atoms with E-state index >= 15 is 0 Å². The Bertz CT molecular complexity index is 810. The van der Waals surface area contributed by atoms with Gasteiger partial charge in [0.25, 0.3) is 0 Å². The first-order chi connectivity index (χ1) is 12.8. The fourth-order valence-electron chi connectivity index (χ4n) is 2.43. The summed E-state index contributed by atoms with van der Waals surface area (Å²) in [4.78, 5) is 18.5. The van der Waals surface area contributed by atoms with Gasteiger partial charge in [-0.05, 0) is 68.8 Å². The molecule has 1 aromatic heterocycles. The molecule has 3 rings (SSSR count). The second-order valence-corrected chi connectivity index (χ2v) is 7.29. The van der Waals surface area contributed by atoms with Gasteiger partial charge in [0.05, 0.1) is 17.8 Å². The first-order valence-corrected chi connectivity index (χ1v) is 9.88. The van der Waals surface area contributed by atoms with E-state index in [4.69, 9.17) is 9.53 Å². The lowest BCUT2D eigenvalue weighted by Gasteiger charge is -2.08. The van der Waals surface area contributed by atoms with Gasteiger partial charge in [-0.3, -0.25) is 9.79 Å². The van der Waals surface area contributed by atoms with Crippen molar-refractivity contribution >= 4 is 36.1 Å². The molecule has 1 aliphatic rings. The highest BCUT2D eigenvalue weighted by atomic mass is 32.1. The fraction of sp³-hybridized carbons (Fsp3) is 0.350. The van der Waals surface area contributed by atoms with Crippen LogP contribution < -0.4 is 10.5 Å². The predicted molar refractivity (Wildman–Crippen MR) is 117 cm³/mol. The van der Waals surface area contributed by atoms with Crippen molar-refractivity contribution in [3.05, 3.63) is 56.0 Å². The zero-order valence-corrected chi connectivity index (χ0v) is 18.2. The number of amides is 1. The number of hydrogen-bond acceptors (Lipinski definition) is 6. The van der Waals surface area contributed by atoms with Crippen LogP contribution in [0.2, 0.25) is 0 Å². The third kappa shape index (κ3) is 7.19. The number of allylic oxidation sites excluding steroid dienone is 1. The van der Waals surface area contributed by atoms with E-state index in [1.807, 2.05) is 26.3 Å².